The maximum Gasteiger partial charge on any atom is 0.194 e. The minimum Gasteiger partial charge on any atom is -0.348 e. The van der Waals surface area contributed by atoms with Gasteiger partial charge in [-0.3, -0.25) is 9.80 Å². The Labute approximate surface area is 151 Å². The summed E-state index contributed by atoms with van der Waals surface area (Å²) in [6, 6.07) is 2.66. The standard InChI is InChI=1S/C19H23F3N4/c1-12-17(24-11-23-12)10-25-6-13-2-4-15(9-25)26(7-13)8-14-3-5-16(20)19(22)18(14)21/h3,5,11,13,15H,2,4,6-10H2,1H3,(H,23,24)/t13-,15+/m1/s1. The van der Waals surface area contributed by atoms with Crippen molar-refractivity contribution in [2.75, 3.05) is 19.6 Å². The average molecular weight is 364 g/mol. The molecule has 3 aliphatic heterocycles. The molecule has 26 heavy (non-hydrogen) atoms. The Kier molecular flexibility index (Phi) is 4.75. The van der Waals surface area contributed by atoms with Crippen LogP contribution >= 0.6 is 0 Å². The van der Waals surface area contributed by atoms with E-state index < -0.39 is 17.5 Å². The molecule has 4 heterocycles. The number of piperidine rings is 1. The molecular weight excluding hydrogens is 341 g/mol. The van der Waals surface area contributed by atoms with E-state index in [1.807, 2.05) is 6.92 Å². The first-order valence-corrected chi connectivity index (χ1v) is 9.09. The van der Waals surface area contributed by atoms with Crippen LogP contribution in [0.4, 0.5) is 13.2 Å². The van der Waals surface area contributed by atoms with Crippen molar-refractivity contribution in [3.8, 4) is 0 Å². The fourth-order valence-electron chi connectivity index (χ4n) is 4.26. The third kappa shape index (κ3) is 3.38. The van der Waals surface area contributed by atoms with Gasteiger partial charge >= 0.3 is 0 Å². The highest BCUT2D eigenvalue weighted by atomic mass is 19.2. The number of aromatic nitrogens is 2. The molecule has 0 amide bonds. The van der Waals surface area contributed by atoms with Crippen LogP contribution in [-0.2, 0) is 13.1 Å². The second kappa shape index (κ2) is 7.04. The third-order valence-electron chi connectivity index (χ3n) is 5.70. The smallest absolute Gasteiger partial charge is 0.194 e. The van der Waals surface area contributed by atoms with Crippen LogP contribution < -0.4 is 0 Å². The number of H-pyrrole nitrogens is 1. The predicted molar refractivity (Wildman–Crippen MR) is 91.8 cm³/mol. The number of hydrogen-bond donors (Lipinski definition) is 1. The Hall–Kier alpha value is -1.86. The quantitative estimate of drug-likeness (QED) is 0.846. The van der Waals surface area contributed by atoms with E-state index in [1.54, 1.807) is 6.33 Å². The number of halogens is 3. The summed E-state index contributed by atoms with van der Waals surface area (Å²) in [4.78, 5) is 12.1. The lowest BCUT2D eigenvalue weighted by Crippen LogP contribution is -2.43. The highest BCUT2D eigenvalue weighted by molar-refractivity contribution is 5.20. The van der Waals surface area contributed by atoms with Gasteiger partial charge in [-0.25, -0.2) is 18.2 Å². The monoisotopic (exact) mass is 364 g/mol. The molecule has 0 spiro atoms. The van der Waals surface area contributed by atoms with Crippen molar-refractivity contribution in [3.63, 3.8) is 0 Å². The summed E-state index contributed by atoms with van der Waals surface area (Å²) in [5, 5.41) is 0. The zero-order chi connectivity index (χ0) is 18.3. The average Bonchev–Trinajstić information content (AvgIpc) is 2.83. The van der Waals surface area contributed by atoms with E-state index in [2.05, 4.69) is 19.8 Å². The summed E-state index contributed by atoms with van der Waals surface area (Å²) < 4.78 is 40.8. The van der Waals surface area contributed by atoms with Crippen molar-refractivity contribution in [2.24, 2.45) is 5.92 Å². The van der Waals surface area contributed by atoms with Crippen LogP contribution in [0.5, 0.6) is 0 Å². The molecule has 4 nitrogen and oxygen atoms in total. The van der Waals surface area contributed by atoms with Crippen molar-refractivity contribution in [2.45, 2.75) is 38.9 Å². The van der Waals surface area contributed by atoms with Gasteiger partial charge in [-0.1, -0.05) is 6.07 Å². The molecule has 0 unspecified atom stereocenters. The predicted octanol–water partition coefficient (Wildman–Crippen LogP) is 3.23. The topological polar surface area (TPSA) is 35.2 Å². The molecule has 1 aromatic heterocycles. The number of benzene rings is 1. The SMILES string of the molecule is Cc1[nH]cnc1CN1C[C@H]2CC[C@@H](C1)N(Cc1ccc(F)c(F)c1F)C2. The van der Waals surface area contributed by atoms with Gasteiger partial charge in [0.2, 0.25) is 0 Å². The second-order valence-corrected chi connectivity index (χ2v) is 7.53. The lowest BCUT2D eigenvalue weighted by Gasteiger charge is -2.36. The maximum atomic E-state index is 14.1. The van der Waals surface area contributed by atoms with Gasteiger partial charge in [-0.05, 0) is 31.7 Å². The molecule has 5 rings (SSSR count). The van der Waals surface area contributed by atoms with Gasteiger partial charge in [0.1, 0.15) is 0 Å². The normalized spacial score (nSPS) is 24.2. The third-order valence-corrected chi connectivity index (χ3v) is 5.70. The van der Waals surface area contributed by atoms with Gasteiger partial charge in [-0.2, -0.15) is 0 Å². The number of aryl methyl sites for hydroxylation is 1. The number of nitrogens with zero attached hydrogens (tertiary/aromatic N) is 3. The first kappa shape index (κ1) is 17.5. The Morgan fingerprint density at radius 2 is 1.92 bits per heavy atom. The molecule has 1 aromatic carbocycles. The number of aromatic amines is 1. The minimum atomic E-state index is -1.38. The van der Waals surface area contributed by atoms with Crippen molar-refractivity contribution in [3.05, 3.63) is 52.9 Å². The van der Waals surface area contributed by atoms with Gasteiger partial charge in [0.15, 0.2) is 17.5 Å². The number of hydrogen-bond acceptors (Lipinski definition) is 3. The van der Waals surface area contributed by atoms with Crippen LogP contribution in [-0.4, -0.2) is 45.4 Å². The molecule has 2 bridgehead atoms. The summed E-state index contributed by atoms with van der Waals surface area (Å²) in [5.74, 6) is -3.07. The highest BCUT2D eigenvalue weighted by Gasteiger charge is 2.35. The van der Waals surface area contributed by atoms with Gasteiger partial charge in [0.05, 0.1) is 12.0 Å². The summed E-state index contributed by atoms with van der Waals surface area (Å²) in [6.07, 6.45) is 3.92. The van der Waals surface area contributed by atoms with E-state index >= 15 is 0 Å². The van der Waals surface area contributed by atoms with Crippen molar-refractivity contribution in [1.29, 1.82) is 0 Å². The lowest BCUT2D eigenvalue weighted by molar-refractivity contribution is 0.121. The summed E-state index contributed by atoms with van der Waals surface area (Å²) in [6.45, 7) is 5.87. The van der Waals surface area contributed by atoms with E-state index in [1.165, 1.54) is 6.07 Å². The van der Waals surface area contributed by atoms with E-state index in [0.29, 0.717) is 18.5 Å². The number of imidazole rings is 1. The Morgan fingerprint density at radius 3 is 2.69 bits per heavy atom. The lowest BCUT2D eigenvalue weighted by atomic mass is 9.94. The zero-order valence-electron chi connectivity index (χ0n) is 14.8. The number of rotatable bonds is 4. The molecule has 0 saturated carbocycles. The van der Waals surface area contributed by atoms with Crippen LogP contribution in [0, 0.1) is 30.3 Å². The van der Waals surface area contributed by atoms with E-state index in [9.17, 15) is 13.2 Å². The van der Waals surface area contributed by atoms with Crippen LogP contribution in [0.3, 0.4) is 0 Å². The summed E-state index contributed by atoms with van der Waals surface area (Å²) >= 11 is 0. The van der Waals surface area contributed by atoms with Gasteiger partial charge in [0, 0.05) is 50.0 Å². The zero-order valence-corrected chi connectivity index (χ0v) is 14.8. The van der Waals surface area contributed by atoms with Crippen molar-refractivity contribution < 1.29 is 13.2 Å². The molecule has 7 heteroatoms. The Balaban J connectivity index is 1.48. The molecule has 3 aliphatic rings. The molecule has 0 aliphatic carbocycles. The fraction of sp³-hybridized carbons (Fsp3) is 0.526. The summed E-state index contributed by atoms with van der Waals surface area (Å²) in [5.41, 5.74) is 2.37. The largest absolute Gasteiger partial charge is 0.348 e. The number of nitrogens with one attached hydrogen (secondary N) is 1. The van der Waals surface area contributed by atoms with Crippen molar-refractivity contribution >= 4 is 0 Å². The van der Waals surface area contributed by atoms with Gasteiger partial charge in [0.25, 0.3) is 0 Å². The molecule has 1 N–H and O–H groups in total. The first-order chi connectivity index (χ1) is 12.5. The van der Waals surface area contributed by atoms with E-state index in [4.69, 9.17) is 0 Å². The van der Waals surface area contributed by atoms with Crippen LogP contribution in [0.25, 0.3) is 0 Å². The molecule has 2 atom stereocenters. The molecule has 3 saturated heterocycles. The fourth-order valence-corrected chi connectivity index (χ4v) is 4.26. The van der Waals surface area contributed by atoms with Crippen LogP contribution in [0.15, 0.2) is 18.5 Å². The molecule has 140 valence electrons. The van der Waals surface area contributed by atoms with E-state index in [0.717, 1.165) is 56.5 Å². The Morgan fingerprint density at radius 1 is 1.08 bits per heavy atom. The molecule has 0 radical (unpaired) electrons. The molecule has 2 aromatic rings. The number of fused-ring (bicyclic) bond motifs is 4. The summed E-state index contributed by atoms with van der Waals surface area (Å²) in [7, 11) is 0. The second-order valence-electron chi connectivity index (χ2n) is 7.53. The van der Waals surface area contributed by atoms with Crippen LogP contribution in [0.1, 0.15) is 29.8 Å². The molecular formula is C19H23F3N4. The van der Waals surface area contributed by atoms with Gasteiger partial charge < -0.3 is 4.98 Å². The maximum absolute atomic E-state index is 14.1. The molecule has 3 fully saturated rings. The van der Waals surface area contributed by atoms with Crippen LogP contribution in [0.2, 0.25) is 0 Å². The first-order valence-electron chi connectivity index (χ1n) is 9.09. The van der Waals surface area contributed by atoms with Crippen molar-refractivity contribution in [1.82, 2.24) is 19.8 Å². The highest BCUT2D eigenvalue weighted by Crippen LogP contribution is 2.30. The minimum absolute atomic E-state index is 0.228. The van der Waals surface area contributed by atoms with Gasteiger partial charge in [-0.15, -0.1) is 0 Å². The van der Waals surface area contributed by atoms with E-state index in [-0.39, 0.29) is 5.56 Å². The Bertz CT molecular complexity index is 791.